The van der Waals surface area contributed by atoms with Crippen molar-refractivity contribution >= 4 is 0 Å². The van der Waals surface area contributed by atoms with Crippen LogP contribution in [-0.4, -0.2) is 7.05 Å². The first-order chi connectivity index (χ1) is 7.74. The highest BCUT2D eigenvalue weighted by molar-refractivity contribution is 5.27. The highest BCUT2D eigenvalue weighted by atomic mass is 19.1. The summed E-state index contributed by atoms with van der Waals surface area (Å²) in [5, 5.41) is 3.10. The minimum Gasteiger partial charge on any atom is -0.316 e. The van der Waals surface area contributed by atoms with Gasteiger partial charge in [0.15, 0.2) is 0 Å². The molecule has 1 aliphatic carbocycles. The van der Waals surface area contributed by atoms with E-state index in [9.17, 15) is 4.39 Å². The zero-order valence-electron chi connectivity index (χ0n) is 9.93. The Morgan fingerprint density at radius 3 is 2.31 bits per heavy atom. The van der Waals surface area contributed by atoms with Crippen molar-refractivity contribution in [2.24, 2.45) is 0 Å². The summed E-state index contributed by atoms with van der Waals surface area (Å²) in [7, 11) is 1.92. The van der Waals surface area contributed by atoms with Gasteiger partial charge >= 0.3 is 0 Å². The lowest BCUT2D eigenvalue weighted by atomic mass is 9.81. The second kappa shape index (κ2) is 4.96. The average Bonchev–Trinajstić information content (AvgIpc) is 2.31. The van der Waals surface area contributed by atoms with Crippen LogP contribution in [0.1, 0.15) is 43.2 Å². The maximum absolute atomic E-state index is 14.6. The molecule has 0 radical (unpaired) electrons. The van der Waals surface area contributed by atoms with Gasteiger partial charge in [-0.25, -0.2) is 4.39 Å². The summed E-state index contributed by atoms with van der Waals surface area (Å²) in [6, 6.07) is 7.97. The minimum absolute atomic E-state index is 0.693. The van der Waals surface area contributed by atoms with Crippen LogP contribution in [0.25, 0.3) is 0 Å². The van der Waals surface area contributed by atoms with Crippen LogP contribution in [0.2, 0.25) is 0 Å². The Balaban J connectivity index is 2.13. The second-order valence-electron chi connectivity index (χ2n) is 4.75. The molecule has 1 aromatic rings. The average molecular weight is 221 g/mol. The highest BCUT2D eigenvalue weighted by Gasteiger charge is 2.33. The van der Waals surface area contributed by atoms with E-state index in [1.165, 1.54) is 12.0 Å². The van der Waals surface area contributed by atoms with Crippen molar-refractivity contribution in [3.05, 3.63) is 35.4 Å². The molecule has 0 aromatic heterocycles. The molecule has 0 heterocycles. The smallest absolute Gasteiger partial charge is 0.136 e. The summed E-state index contributed by atoms with van der Waals surface area (Å²) in [4.78, 5) is 0. The molecular weight excluding hydrogens is 201 g/mol. The van der Waals surface area contributed by atoms with E-state index in [1.54, 1.807) is 0 Å². The van der Waals surface area contributed by atoms with Gasteiger partial charge in [0.1, 0.15) is 5.67 Å². The van der Waals surface area contributed by atoms with Crippen molar-refractivity contribution in [3.63, 3.8) is 0 Å². The van der Waals surface area contributed by atoms with Crippen molar-refractivity contribution in [1.29, 1.82) is 0 Å². The molecule has 0 bridgehead atoms. The SMILES string of the molecule is CNCc1ccc(C2(F)CCCCC2)cc1. The van der Waals surface area contributed by atoms with E-state index in [2.05, 4.69) is 5.32 Å². The van der Waals surface area contributed by atoms with Crippen molar-refractivity contribution in [2.75, 3.05) is 7.05 Å². The fraction of sp³-hybridized carbons (Fsp3) is 0.571. The van der Waals surface area contributed by atoms with Crippen LogP contribution in [-0.2, 0) is 12.2 Å². The van der Waals surface area contributed by atoms with Gasteiger partial charge in [-0.3, -0.25) is 0 Å². The van der Waals surface area contributed by atoms with Crippen molar-refractivity contribution in [2.45, 2.75) is 44.3 Å². The van der Waals surface area contributed by atoms with E-state index in [4.69, 9.17) is 0 Å². The van der Waals surface area contributed by atoms with Crippen molar-refractivity contribution in [1.82, 2.24) is 5.32 Å². The number of nitrogens with one attached hydrogen (secondary N) is 1. The predicted octanol–water partition coefficient (Wildman–Crippen LogP) is 3.53. The maximum Gasteiger partial charge on any atom is 0.136 e. The Morgan fingerprint density at radius 2 is 1.75 bits per heavy atom. The van der Waals surface area contributed by atoms with E-state index in [0.29, 0.717) is 12.8 Å². The number of rotatable bonds is 3. The molecule has 1 fully saturated rings. The fourth-order valence-electron chi connectivity index (χ4n) is 2.53. The van der Waals surface area contributed by atoms with Crippen LogP contribution in [0.5, 0.6) is 0 Å². The standard InChI is InChI=1S/C14H20FN/c1-16-11-12-5-7-13(8-6-12)14(15)9-3-2-4-10-14/h5-8,16H,2-4,9-11H2,1H3. The van der Waals surface area contributed by atoms with Gasteiger partial charge in [-0.1, -0.05) is 30.7 Å². The largest absolute Gasteiger partial charge is 0.316 e. The van der Waals surface area contributed by atoms with Crippen molar-refractivity contribution < 1.29 is 4.39 Å². The summed E-state index contributed by atoms with van der Waals surface area (Å²) in [5.74, 6) is 0. The molecule has 0 atom stereocenters. The van der Waals surface area contributed by atoms with Gasteiger partial charge < -0.3 is 5.32 Å². The van der Waals surface area contributed by atoms with E-state index >= 15 is 0 Å². The van der Waals surface area contributed by atoms with Gasteiger partial charge in [0, 0.05) is 6.54 Å². The minimum atomic E-state index is -1.06. The molecule has 2 rings (SSSR count). The normalized spacial score (nSPS) is 19.6. The van der Waals surface area contributed by atoms with Crippen LogP contribution in [0.3, 0.4) is 0 Å². The summed E-state index contributed by atoms with van der Waals surface area (Å²) in [5.41, 5.74) is 1.02. The summed E-state index contributed by atoms with van der Waals surface area (Å²) in [6.07, 6.45) is 4.61. The van der Waals surface area contributed by atoms with Gasteiger partial charge in [0.2, 0.25) is 0 Å². The lowest BCUT2D eigenvalue weighted by Gasteiger charge is -2.30. The van der Waals surface area contributed by atoms with E-state index < -0.39 is 5.67 Å². The van der Waals surface area contributed by atoms with Crippen LogP contribution in [0.4, 0.5) is 4.39 Å². The number of benzene rings is 1. The molecule has 0 aliphatic heterocycles. The lowest BCUT2D eigenvalue weighted by Crippen LogP contribution is -2.23. The van der Waals surface area contributed by atoms with E-state index in [0.717, 1.165) is 24.9 Å². The number of hydrogen-bond acceptors (Lipinski definition) is 1. The van der Waals surface area contributed by atoms with Gasteiger partial charge in [-0.15, -0.1) is 0 Å². The monoisotopic (exact) mass is 221 g/mol. The molecular formula is C14H20FN. The predicted molar refractivity (Wildman–Crippen MR) is 65.1 cm³/mol. The first-order valence-corrected chi connectivity index (χ1v) is 6.17. The molecule has 88 valence electrons. The van der Waals surface area contributed by atoms with Crippen LogP contribution < -0.4 is 5.32 Å². The maximum atomic E-state index is 14.6. The Labute approximate surface area is 97.1 Å². The third-order valence-corrected chi connectivity index (χ3v) is 3.50. The summed E-state index contributed by atoms with van der Waals surface area (Å²) >= 11 is 0. The molecule has 0 unspecified atom stereocenters. The van der Waals surface area contributed by atoms with Gasteiger partial charge in [0.05, 0.1) is 0 Å². The first-order valence-electron chi connectivity index (χ1n) is 6.17. The Kier molecular flexibility index (Phi) is 3.59. The van der Waals surface area contributed by atoms with Gasteiger partial charge in [0.25, 0.3) is 0 Å². The van der Waals surface area contributed by atoms with E-state index in [-0.39, 0.29) is 0 Å². The highest BCUT2D eigenvalue weighted by Crippen LogP contribution is 2.40. The third-order valence-electron chi connectivity index (χ3n) is 3.50. The first kappa shape index (κ1) is 11.6. The quantitative estimate of drug-likeness (QED) is 0.823. The van der Waals surface area contributed by atoms with Gasteiger partial charge in [-0.2, -0.15) is 0 Å². The van der Waals surface area contributed by atoms with Crippen LogP contribution in [0.15, 0.2) is 24.3 Å². The molecule has 0 spiro atoms. The van der Waals surface area contributed by atoms with Crippen LogP contribution >= 0.6 is 0 Å². The fourth-order valence-corrected chi connectivity index (χ4v) is 2.53. The Hall–Kier alpha value is -0.890. The Bertz CT molecular complexity index is 325. The topological polar surface area (TPSA) is 12.0 Å². The molecule has 1 saturated carbocycles. The molecule has 0 amide bonds. The molecule has 1 nitrogen and oxygen atoms in total. The van der Waals surface area contributed by atoms with Crippen LogP contribution in [0, 0.1) is 0 Å². The summed E-state index contributed by atoms with van der Waals surface area (Å²) < 4.78 is 14.6. The molecule has 16 heavy (non-hydrogen) atoms. The molecule has 1 N–H and O–H groups in total. The molecule has 2 heteroatoms. The summed E-state index contributed by atoms with van der Waals surface area (Å²) in [6.45, 7) is 0.847. The molecule has 0 saturated heterocycles. The zero-order valence-corrected chi connectivity index (χ0v) is 9.93. The van der Waals surface area contributed by atoms with E-state index in [1.807, 2.05) is 31.3 Å². The van der Waals surface area contributed by atoms with Gasteiger partial charge in [-0.05, 0) is 43.9 Å². The number of alkyl halides is 1. The Morgan fingerprint density at radius 1 is 1.12 bits per heavy atom. The molecule has 1 aromatic carbocycles. The van der Waals surface area contributed by atoms with Crippen molar-refractivity contribution in [3.8, 4) is 0 Å². The molecule has 1 aliphatic rings. The number of hydrogen-bond donors (Lipinski definition) is 1. The number of halogens is 1. The zero-order chi connectivity index (χ0) is 11.4. The second-order valence-corrected chi connectivity index (χ2v) is 4.75. The third kappa shape index (κ3) is 2.43. The lowest BCUT2D eigenvalue weighted by molar-refractivity contribution is 0.106.